The van der Waals surface area contributed by atoms with Crippen LogP contribution in [-0.4, -0.2) is 11.5 Å². The molecule has 0 fully saturated rings. The topological polar surface area (TPSA) is 0 Å². The van der Waals surface area contributed by atoms with Crippen LogP contribution in [0.25, 0.3) is 0 Å². The third-order valence-electron chi connectivity index (χ3n) is 4.10. The number of halogens is 6. The fourth-order valence-corrected chi connectivity index (χ4v) is 5.35. The molecule has 0 N–H and O–H groups in total. The smallest absolute Gasteiger partial charge is 0.166 e. The van der Waals surface area contributed by atoms with Crippen molar-refractivity contribution in [3.8, 4) is 0 Å². The molecule has 154 valence electrons. The maximum Gasteiger partial charge on any atom is 0.416 e. The van der Waals surface area contributed by atoms with Crippen LogP contribution < -0.4 is 0 Å². The van der Waals surface area contributed by atoms with Crippen LogP contribution >= 0.6 is 23.5 Å². The molecule has 28 heavy (non-hydrogen) atoms. The summed E-state index contributed by atoms with van der Waals surface area (Å²) < 4.78 is 77.1. The normalized spacial score (nSPS) is 14.7. The zero-order valence-electron chi connectivity index (χ0n) is 15.3. The zero-order chi connectivity index (χ0) is 20.9. The Bertz CT molecular complexity index is 670. The average Bonchev–Trinajstić information content (AvgIpc) is 2.63. The first-order valence-electron chi connectivity index (χ1n) is 8.65. The predicted octanol–water partition coefficient (Wildman–Crippen LogP) is 8.01. The average molecular weight is 439 g/mol. The summed E-state index contributed by atoms with van der Waals surface area (Å²) in [5.41, 5.74) is 0.0212. The minimum atomic E-state index is -4.41. The summed E-state index contributed by atoms with van der Waals surface area (Å²) in [5.74, 6) is 1.46. The van der Waals surface area contributed by atoms with Crippen LogP contribution in [0.5, 0.6) is 0 Å². The van der Waals surface area contributed by atoms with E-state index in [-0.39, 0.29) is 10.5 Å². The monoisotopic (exact) mass is 438 g/mol. The van der Waals surface area contributed by atoms with E-state index >= 15 is 0 Å². The number of benzene rings is 2. The second kappa shape index (κ2) is 9.48. The lowest BCUT2D eigenvalue weighted by Crippen LogP contribution is -2.10. The summed E-state index contributed by atoms with van der Waals surface area (Å²) in [6.07, 6.45) is -8.81. The fourth-order valence-electron chi connectivity index (χ4n) is 2.80. The van der Waals surface area contributed by atoms with E-state index in [4.69, 9.17) is 0 Å². The van der Waals surface area contributed by atoms with E-state index in [1.165, 1.54) is 24.3 Å². The molecule has 0 radical (unpaired) electrons. The number of hydrogen-bond donors (Lipinski definition) is 0. The highest BCUT2D eigenvalue weighted by Gasteiger charge is 2.33. The van der Waals surface area contributed by atoms with Crippen LogP contribution in [0.3, 0.4) is 0 Å². The number of hydrogen-bond acceptors (Lipinski definition) is 2. The van der Waals surface area contributed by atoms with Crippen molar-refractivity contribution in [2.75, 3.05) is 11.5 Å². The van der Waals surface area contributed by atoms with Crippen molar-refractivity contribution < 1.29 is 26.3 Å². The van der Waals surface area contributed by atoms with Gasteiger partial charge in [-0.15, -0.1) is 0 Å². The Hall–Kier alpha value is -1.28. The highest BCUT2D eigenvalue weighted by Crippen LogP contribution is 2.48. The Balaban J connectivity index is 2.38. The lowest BCUT2D eigenvalue weighted by Gasteiger charge is -2.27. The first kappa shape index (κ1) is 23.0. The standard InChI is InChI=1S/C20H20F6S2/c1-3-27-17(13-5-9-15(10-6-13)19(21,22)23)18(28-4-2)14-7-11-16(12-8-14)20(24,25)26/h5-12,17-18H,3-4H2,1-2H3/t17-,18-/m0/s1. The van der Waals surface area contributed by atoms with Gasteiger partial charge in [-0.3, -0.25) is 0 Å². The molecular formula is C20H20F6S2. The van der Waals surface area contributed by atoms with Crippen LogP contribution in [0.4, 0.5) is 26.3 Å². The molecule has 2 rings (SSSR count). The van der Waals surface area contributed by atoms with Crippen molar-refractivity contribution in [3.05, 3.63) is 70.8 Å². The van der Waals surface area contributed by atoms with Gasteiger partial charge in [0, 0.05) is 10.5 Å². The van der Waals surface area contributed by atoms with Crippen molar-refractivity contribution in [3.63, 3.8) is 0 Å². The molecule has 0 unspecified atom stereocenters. The highest BCUT2D eigenvalue weighted by atomic mass is 32.2. The van der Waals surface area contributed by atoms with Crippen LogP contribution in [-0.2, 0) is 12.4 Å². The fraction of sp³-hybridized carbons (Fsp3) is 0.400. The molecule has 0 aliphatic heterocycles. The second-order valence-electron chi connectivity index (χ2n) is 5.99. The van der Waals surface area contributed by atoms with Crippen LogP contribution in [0.1, 0.15) is 46.6 Å². The SMILES string of the molecule is CCS[C@@H](c1ccc(C(F)(F)F)cc1)[C@@H](SCC)c1ccc(C(F)(F)F)cc1. The van der Waals surface area contributed by atoms with Crippen molar-refractivity contribution in [1.29, 1.82) is 0 Å². The summed E-state index contributed by atoms with van der Waals surface area (Å²) in [4.78, 5) is 0. The third kappa shape index (κ3) is 5.86. The molecule has 2 aromatic carbocycles. The van der Waals surface area contributed by atoms with Crippen molar-refractivity contribution in [2.24, 2.45) is 0 Å². The van der Waals surface area contributed by atoms with Gasteiger partial charge >= 0.3 is 12.4 Å². The Morgan fingerprint density at radius 3 is 1.11 bits per heavy atom. The van der Waals surface area contributed by atoms with Gasteiger partial charge in [0.25, 0.3) is 0 Å². The predicted molar refractivity (Wildman–Crippen MR) is 105 cm³/mol. The summed E-state index contributed by atoms with van der Waals surface area (Å²) in [6, 6.07) is 10.1. The Morgan fingerprint density at radius 1 is 0.607 bits per heavy atom. The molecule has 0 spiro atoms. The van der Waals surface area contributed by atoms with E-state index in [9.17, 15) is 26.3 Å². The van der Waals surface area contributed by atoms with Crippen molar-refractivity contribution in [1.82, 2.24) is 0 Å². The molecule has 2 atom stereocenters. The van der Waals surface area contributed by atoms with E-state index < -0.39 is 23.5 Å². The molecule has 0 aliphatic carbocycles. The van der Waals surface area contributed by atoms with Gasteiger partial charge < -0.3 is 0 Å². The van der Waals surface area contributed by atoms with Gasteiger partial charge in [0.1, 0.15) is 0 Å². The van der Waals surface area contributed by atoms with E-state index in [1.54, 1.807) is 23.5 Å². The van der Waals surface area contributed by atoms with Gasteiger partial charge in [-0.1, -0.05) is 38.1 Å². The molecule has 0 aliphatic rings. The van der Waals surface area contributed by atoms with Crippen molar-refractivity contribution in [2.45, 2.75) is 36.7 Å². The van der Waals surface area contributed by atoms with Gasteiger partial charge in [-0.05, 0) is 46.9 Å². The zero-order valence-corrected chi connectivity index (χ0v) is 16.9. The molecule has 0 bridgehead atoms. The van der Waals surface area contributed by atoms with Gasteiger partial charge in [0.05, 0.1) is 11.1 Å². The number of alkyl halides is 6. The Kier molecular flexibility index (Phi) is 7.79. The summed E-state index contributed by atoms with van der Waals surface area (Å²) in [6.45, 7) is 3.89. The molecule has 0 saturated carbocycles. The van der Waals surface area contributed by atoms with Gasteiger partial charge in [-0.25, -0.2) is 0 Å². The molecule has 0 aromatic heterocycles. The largest absolute Gasteiger partial charge is 0.416 e. The lowest BCUT2D eigenvalue weighted by atomic mass is 10.0. The highest BCUT2D eigenvalue weighted by molar-refractivity contribution is 8.03. The van der Waals surface area contributed by atoms with Crippen LogP contribution in [0.2, 0.25) is 0 Å². The Labute approximate surface area is 169 Å². The maximum atomic E-state index is 12.8. The van der Waals surface area contributed by atoms with Gasteiger partial charge in [0.2, 0.25) is 0 Å². The van der Waals surface area contributed by atoms with E-state index in [1.807, 2.05) is 13.8 Å². The van der Waals surface area contributed by atoms with Crippen LogP contribution in [0, 0.1) is 0 Å². The van der Waals surface area contributed by atoms with Gasteiger partial charge in [-0.2, -0.15) is 49.9 Å². The van der Waals surface area contributed by atoms with Gasteiger partial charge in [0.15, 0.2) is 0 Å². The van der Waals surface area contributed by atoms with E-state index in [0.717, 1.165) is 46.9 Å². The first-order chi connectivity index (χ1) is 13.1. The summed E-state index contributed by atoms with van der Waals surface area (Å²) >= 11 is 3.14. The molecule has 2 aromatic rings. The second-order valence-corrected chi connectivity index (χ2v) is 8.83. The summed E-state index contributed by atoms with van der Waals surface area (Å²) in [7, 11) is 0. The minimum Gasteiger partial charge on any atom is -0.166 e. The van der Waals surface area contributed by atoms with E-state index in [0.29, 0.717) is 0 Å². The molecule has 0 nitrogen and oxygen atoms in total. The molecule has 8 heteroatoms. The number of thioether (sulfide) groups is 2. The third-order valence-corrected chi connectivity index (χ3v) is 6.75. The molecular weight excluding hydrogens is 418 g/mol. The minimum absolute atomic E-state index is 0.172. The van der Waals surface area contributed by atoms with Crippen molar-refractivity contribution >= 4 is 23.5 Å². The van der Waals surface area contributed by atoms with Crippen LogP contribution in [0.15, 0.2) is 48.5 Å². The molecule has 0 saturated heterocycles. The number of rotatable bonds is 7. The quantitative estimate of drug-likeness (QED) is 0.402. The molecule has 0 heterocycles. The molecule has 0 amide bonds. The first-order valence-corrected chi connectivity index (χ1v) is 10.7. The Morgan fingerprint density at radius 2 is 0.893 bits per heavy atom. The van der Waals surface area contributed by atoms with E-state index in [2.05, 4.69) is 0 Å². The lowest BCUT2D eigenvalue weighted by molar-refractivity contribution is -0.138. The maximum absolute atomic E-state index is 12.8. The summed E-state index contributed by atoms with van der Waals surface area (Å²) in [5, 5.41) is -0.344.